The lowest BCUT2D eigenvalue weighted by atomic mass is 10.1. The van der Waals surface area contributed by atoms with Crippen LogP contribution < -0.4 is 10.6 Å². The summed E-state index contributed by atoms with van der Waals surface area (Å²) in [4.78, 5) is 31.4. The van der Waals surface area contributed by atoms with Gasteiger partial charge in [0.1, 0.15) is 5.00 Å². The molecule has 7 nitrogen and oxygen atoms in total. The quantitative estimate of drug-likeness (QED) is 0.526. The third kappa shape index (κ3) is 5.05. The van der Waals surface area contributed by atoms with Gasteiger partial charge in [0.15, 0.2) is 5.11 Å². The Labute approximate surface area is 174 Å². The van der Waals surface area contributed by atoms with Crippen molar-refractivity contribution in [3.05, 3.63) is 46.1 Å². The SMILES string of the molecule is CCN(CC)C(=O)c1sc(NC(=S)NCc2cccnc2)c(C(=O)OC)c1C. The molecule has 0 saturated heterocycles. The number of esters is 1. The van der Waals surface area contributed by atoms with Crippen LogP contribution in [0.5, 0.6) is 0 Å². The standard InChI is InChI=1S/C19H24N4O3S2/c1-5-23(6-2)17(24)15-12(3)14(18(25)26-4)16(28-15)22-19(27)21-11-13-8-7-9-20-10-13/h7-10H,5-6,11H2,1-4H3,(H2,21,22,27). The third-order valence-corrected chi connectivity index (χ3v) is 5.63. The second kappa shape index (κ2) is 10.1. The van der Waals surface area contributed by atoms with Crippen LogP contribution in [0.1, 0.15) is 45.0 Å². The fraction of sp³-hybridized carbons (Fsp3) is 0.368. The molecule has 0 saturated carbocycles. The van der Waals surface area contributed by atoms with Gasteiger partial charge in [0.2, 0.25) is 0 Å². The van der Waals surface area contributed by atoms with Crippen LogP contribution in [0.25, 0.3) is 0 Å². The number of pyridine rings is 1. The molecular formula is C19H24N4O3S2. The summed E-state index contributed by atoms with van der Waals surface area (Å²) in [5, 5.41) is 6.94. The number of hydrogen-bond donors (Lipinski definition) is 2. The molecule has 0 radical (unpaired) electrons. The molecule has 0 fully saturated rings. The molecule has 0 spiro atoms. The van der Waals surface area contributed by atoms with E-state index in [1.807, 2.05) is 26.0 Å². The molecule has 2 aromatic heterocycles. The summed E-state index contributed by atoms with van der Waals surface area (Å²) in [6.07, 6.45) is 3.44. The normalized spacial score (nSPS) is 10.3. The van der Waals surface area contributed by atoms with Gasteiger partial charge in [-0.1, -0.05) is 6.07 Å². The van der Waals surface area contributed by atoms with Crippen LogP contribution in [-0.2, 0) is 11.3 Å². The van der Waals surface area contributed by atoms with Gasteiger partial charge in [-0.3, -0.25) is 9.78 Å². The first kappa shape index (κ1) is 21.8. The summed E-state index contributed by atoms with van der Waals surface area (Å²) in [5.41, 5.74) is 1.89. The lowest BCUT2D eigenvalue weighted by Gasteiger charge is -2.17. The number of ether oxygens (including phenoxy) is 1. The van der Waals surface area contributed by atoms with E-state index in [0.29, 0.717) is 45.8 Å². The molecule has 0 aliphatic carbocycles. The summed E-state index contributed by atoms with van der Waals surface area (Å²) in [7, 11) is 1.31. The molecule has 9 heteroatoms. The van der Waals surface area contributed by atoms with Crippen LogP contribution in [0.2, 0.25) is 0 Å². The monoisotopic (exact) mass is 420 g/mol. The van der Waals surface area contributed by atoms with Crippen molar-refractivity contribution in [3.8, 4) is 0 Å². The van der Waals surface area contributed by atoms with Crippen LogP contribution in [-0.4, -0.2) is 47.1 Å². The number of hydrogen-bond acceptors (Lipinski definition) is 6. The van der Waals surface area contributed by atoms with E-state index in [2.05, 4.69) is 15.6 Å². The van der Waals surface area contributed by atoms with Gasteiger partial charge in [-0.05, 0) is 50.2 Å². The van der Waals surface area contributed by atoms with E-state index in [1.165, 1.54) is 18.4 Å². The molecule has 150 valence electrons. The van der Waals surface area contributed by atoms with Crippen LogP contribution in [0.15, 0.2) is 24.5 Å². The van der Waals surface area contributed by atoms with Crippen molar-refractivity contribution in [1.29, 1.82) is 0 Å². The van der Waals surface area contributed by atoms with E-state index in [1.54, 1.807) is 24.2 Å². The Morgan fingerprint density at radius 3 is 2.61 bits per heavy atom. The highest BCUT2D eigenvalue weighted by atomic mass is 32.1. The number of aromatic nitrogens is 1. The minimum absolute atomic E-state index is 0.111. The smallest absolute Gasteiger partial charge is 0.341 e. The van der Waals surface area contributed by atoms with Crippen molar-refractivity contribution in [1.82, 2.24) is 15.2 Å². The molecule has 0 atom stereocenters. The molecule has 2 N–H and O–H groups in total. The molecule has 1 amide bonds. The molecule has 0 aliphatic rings. The Morgan fingerprint density at radius 1 is 1.32 bits per heavy atom. The van der Waals surface area contributed by atoms with Crippen LogP contribution in [0.3, 0.4) is 0 Å². The lowest BCUT2D eigenvalue weighted by Crippen LogP contribution is -2.30. The van der Waals surface area contributed by atoms with Crippen molar-refractivity contribution in [2.24, 2.45) is 0 Å². The molecule has 2 aromatic rings. The van der Waals surface area contributed by atoms with Crippen molar-refractivity contribution in [2.45, 2.75) is 27.3 Å². The molecule has 0 aliphatic heterocycles. The number of amides is 1. The van der Waals surface area contributed by atoms with E-state index in [9.17, 15) is 9.59 Å². The van der Waals surface area contributed by atoms with Gasteiger partial charge < -0.3 is 20.3 Å². The Hall–Kier alpha value is -2.52. The number of rotatable bonds is 7. The number of nitrogens with zero attached hydrogens (tertiary/aromatic N) is 2. The molecular weight excluding hydrogens is 396 g/mol. The third-order valence-electron chi connectivity index (χ3n) is 4.18. The first-order valence-corrected chi connectivity index (χ1v) is 10.1. The van der Waals surface area contributed by atoms with E-state index in [4.69, 9.17) is 17.0 Å². The predicted octanol–water partition coefficient (Wildman–Crippen LogP) is 3.21. The molecule has 2 heterocycles. The molecule has 2 rings (SSSR count). The highest BCUT2D eigenvalue weighted by molar-refractivity contribution is 7.80. The van der Waals surface area contributed by atoms with Gasteiger partial charge in [0.05, 0.1) is 17.6 Å². The number of carbonyl (C=O) groups excluding carboxylic acids is 2. The fourth-order valence-electron chi connectivity index (χ4n) is 2.64. The number of thiophene rings is 1. The molecule has 0 aromatic carbocycles. The topological polar surface area (TPSA) is 83.6 Å². The van der Waals surface area contributed by atoms with Gasteiger partial charge in [-0.15, -0.1) is 11.3 Å². The van der Waals surface area contributed by atoms with E-state index < -0.39 is 5.97 Å². The number of carbonyl (C=O) groups is 2. The predicted molar refractivity (Wildman–Crippen MR) is 115 cm³/mol. The molecule has 28 heavy (non-hydrogen) atoms. The van der Waals surface area contributed by atoms with Crippen molar-refractivity contribution >= 4 is 45.5 Å². The Morgan fingerprint density at radius 2 is 2.04 bits per heavy atom. The summed E-state index contributed by atoms with van der Waals surface area (Å²) < 4.78 is 4.91. The fourth-order valence-corrected chi connectivity index (χ4v) is 4.05. The summed E-state index contributed by atoms with van der Waals surface area (Å²) >= 11 is 6.55. The minimum Gasteiger partial charge on any atom is -0.465 e. The van der Waals surface area contributed by atoms with Crippen LogP contribution in [0, 0.1) is 6.92 Å². The maximum Gasteiger partial charge on any atom is 0.341 e. The van der Waals surface area contributed by atoms with Gasteiger partial charge in [-0.2, -0.15) is 0 Å². The Kier molecular flexibility index (Phi) is 7.89. The van der Waals surface area contributed by atoms with E-state index >= 15 is 0 Å². The molecule has 0 bridgehead atoms. The maximum absolute atomic E-state index is 12.8. The van der Waals surface area contributed by atoms with Crippen molar-refractivity contribution in [2.75, 3.05) is 25.5 Å². The highest BCUT2D eigenvalue weighted by Gasteiger charge is 2.27. The minimum atomic E-state index is -0.509. The largest absolute Gasteiger partial charge is 0.465 e. The van der Waals surface area contributed by atoms with Gasteiger partial charge in [0.25, 0.3) is 5.91 Å². The van der Waals surface area contributed by atoms with Gasteiger partial charge in [0, 0.05) is 32.0 Å². The average molecular weight is 421 g/mol. The van der Waals surface area contributed by atoms with E-state index in [-0.39, 0.29) is 5.91 Å². The second-order valence-electron chi connectivity index (χ2n) is 5.90. The molecule has 0 unspecified atom stereocenters. The summed E-state index contributed by atoms with van der Waals surface area (Å²) in [5.74, 6) is -0.621. The zero-order valence-corrected chi connectivity index (χ0v) is 18.0. The van der Waals surface area contributed by atoms with Gasteiger partial charge >= 0.3 is 5.97 Å². The van der Waals surface area contributed by atoms with Crippen molar-refractivity contribution in [3.63, 3.8) is 0 Å². The number of anilines is 1. The zero-order chi connectivity index (χ0) is 20.7. The Bertz CT molecular complexity index is 848. The maximum atomic E-state index is 12.8. The average Bonchev–Trinajstić information content (AvgIpc) is 3.03. The van der Waals surface area contributed by atoms with Crippen LogP contribution in [0.4, 0.5) is 5.00 Å². The van der Waals surface area contributed by atoms with Crippen LogP contribution >= 0.6 is 23.6 Å². The van der Waals surface area contributed by atoms with Crippen molar-refractivity contribution < 1.29 is 14.3 Å². The highest BCUT2D eigenvalue weighted by Crippen LogP contribution is 2.34. The zero-order valence-electron chi connectivity index (χ0n) is 16.4. The number of nitrogens with one attached hydrogen (secondary N) is 2. The Balaban J connectivity index is 2.24. The first-order valence-electron chi connectivity index (χ1n) is 8.87. The van der Waals surface area contributed by atoms with E-state index in [0.717, 1.165) is 5.56 Å². The summed E-state index contributed by atoms with van der Waals surface area (Å²) in [6, 6.07) is 3.77. The number of thiocarbonyl (C=S) groups is 1. The summed E-state index contributed by atoms with van der Waals surface area (Å²) in [6.45, 7) is 7.26. The second-order valence-corrected chi connectivity index (χ2v) is 7.33. The first-order chi connectivity index (χ1) is 13.4. The lowest BCUT2D eigenvalue weighted by molar-refractivity contribution is 0.0601. The number of methoxy groups -OCH3 is 1. The van der Waals surface area contributed by atoms with Gasteiger partial charge in [-0.25, -0.2) is 4.79 Å².